The van der Waals surface area contributed by atoms with Gasteiger partial charge in [0.05, 0.1) is 19.8 Å². The summed E-state index contributed by atoms with van der Waals surface area (Å²) in [6, 6.07) is 3.03. The average molecular weight is 538 g/mol. The molecule has 0 unspecified atom stereocenters. The van der Waals surface area contributed by atoms with E-state index in [1.54, 1.807) is 6.92 Å². The molecule has 0 bridgehead atoms. The Morgan fingerprint density at radius 3 is 2.54 bits per heavy atom. The lowest BCUT2D eigenvalue weighted by Gasteiger charge is -2.54. The lowest BCUT2D eigenvalue weighted by atomic mass is 9.51. The highest BCUT2D eigenvalue weighted by atomic mass is 19.1. The summed E-state index contributed by atoms with van der Waals surface area (Å²) in [6.07, 6.45) is 7.18. The van der Waals surface area contributed by atoms with Crippen LogP contribution in [-0.2, 0) is 9.47 Å². The highest BCUT2D eigenvalue weighted by molar-refractivity contribution is 5.54. The normalized spacial score (nSPS) is 37.9. The van der Waals surface area contributed by atoms with E-state index >= 15 is 8.78 Å². The SMILES string of the molecule is CC#C[C@]1(O)[C@H](C)C[C@H]2[C@@H]3CC/C4=C/COCCCC4=C3[C@@H](c3c(F)cc(N4CCOCC4)cc3F)C[C@@]21C. The van der Waals surface area contributed by atoms with Gasteiger partial charge in [0.1, 0.15) is 17.2 Å². The maximum absolute atomic E-state index is 16.2. The van der Waals surface area contributed by atoms with Crippen LogP contribution in [0.15, 0.2) is 34.9 Å². The van der Waals surface area contributed by atoms with E-state index in [0.29, 0.717) is 51.6 Å². The number of morpholine rings is 1. The van der Waals surface area contributed by atoms with E-state index in [9.17, 15) is 5.11 Å². The van der Waals surface area contributed by atoms with E-state index in [0.717, 1.165) is 32.1 Å². The van der Waals surface area contributed by atoms with E-state index < -0.39 is 28.6 Å². The van der Waals surface area contributed by atoms with E-state index in [1.807, 2.05) is 4.90 Å². The first-order chi connectivity index (χ1) is 18.8. The number of allylic oxidation sites excluding steroid dienone is 3. The van der Waals surface area contributed by atoms with Gasteiger partial charge in [-0.3, -0.25) is 0 Å². The second-order valence-electron chi connectivity index (χ2n) is 12.5. The summed E-state index contributed by atoms with van der Waals surface area (Å²) in [5, 5.41) is 12.1. The molecule has 0 spiro atoms. The van der Waals surface area contributed by atoms with Crippen LogP contribution in [-0.4, -0.2) is 50.2 Å². The first-order valence-corrected chi connectivity index (χ1v) is 14.8. The third-order valence-corrected chi connectivity index (χ3v) is 10.6. The molecule has 0 aromatic heterocycles. The molecule has 1 aromatic rings. The first-order valence-electron chi connectivity index (χ1n) is 14.8. The zero-order valence-electron chi connectivity index (χ0n) is 23.5. The fourth-order valence-corrected chi connectivity index (χ4v) is 8.77. The standard InChI is InChI=1S/C33H41F2NO3/c1-4-10-33(37)21(2)17-27-25-8-7-22-9-14-38-13-5-6-24(22)30(25)26(20-32(27,33)3)31-28(34)18-23(19-29(31)35)36-11-15-39-16-12-36/h9,18-19,21,25-27,37H,5-8,11-17,20H2,1-3H3/b22-9-/t21-,25+,26+,27+,32+,33+/m1/s1. The molecule has 0 radical (unpaired) electrons. The van der Waals surface area contributed by atoms with Gasteiger partial charge >= 0.3 is 0 Å². The monoisotopic (exact) mass is 537 g/mol. The molecule has 3 fully saturated rings. The average Bonchev–Trinajstić information content (AvgIpc) is 3.09. The second kappa shape index (κ2) is 10.3. The summed E-state index contributed by atoms with van der Waals surface area (Å²) in [5.41, 5.74) is 2.77. The van der Waals surface area contributed by atoms with Crippen LogP contribution in [0, 0.1) is 46.6 Å². The minimum absolute atomic E-state index is 0.00832. The molecular formula is C33H41F2NO3. The number of nitrogens with zero attached hydrogens (tertiary/aromatic N) is 1. The van der Waals surface area contributed by atoms with Gasteiger partial charge in [-0.05, 0) is 86.5 Å². The fraction of sp³-hybridized carbons (Fsp3) is 0.636. The van der Waals surface area contributed by atoms with Gasteiger partial charge < -0.3 is 19.5 Å². The van der Waals surface area contributed by atoms with Crippen molar-refractivity contribution in [2.24, 2.45) is 23.2 Å². The van der Waals surface area contributed by atoms with Gasteiger partial charge in [-0.2, -0.15) is 0 Å². The van der Waals surface area contributed by atoms with Crippen molar-refractivity contribution in [3.05, 3.63) is 52.1 Å². The number of hydrogen-bond acceptors (Lipinski definition) is 4. The number of hydrogen-bond donors (Lipinski definition) is 1. The number of rotatable bonds is 2. The molecule has 1 saturated heterocycles. The third kappa shape index (κ3) is 4.28. The van der Waals surface area contributed by atoms with Crippen LogP contribution < -0.4 is 4.90 Å². The van der Waals surface area contributed by atoms with Crippen molar-refractivity contribution in [1.29, 1.82) is 0 Å². The summed E-state index contributed by atoms with van der Waals surface area (Å²) in [7, 11) is 0. The van der Waals surface area contributed by atoms with Crippen LogP contribution in [0.1, 0.15) is 70.8 Å². The number of halogens is 2. The zero-order chi connectivity index (χ0) is 27.4. The molecule has 2 heterocycles. The molecule has 5 aliphatic rings. The molecule has 2 aliphatic heterocycles. The molecular weight excluding hydrogens is 496 g/mol. The van der Waals surface area contributed by atoms with Crippen LogP contribution in [0.3, 0.4) is 0 Å². The largest absolute Gasteiger partial charge is 0.378 e. The van der Waals surface area contributed by atoms with Crippen LogP contribution in [0.4, 0.5) is 14.5 Å². The van der Waals surface area contributed by atoms with Crippen LogP contribution in [0.25, 0.3) is 0 Å². The molecule has 6 heteroatoms. The van der Waals surface area contributed by atoms with E-state index in [4.69, 9.17) is 9.47 Å². The van der Waals surface area contributed by atoms with Crippen molar-refractivity contribution in [3.8, 4) is 11.8 Å². The van der Waals surface area contributed by atoms with Gasteiger partial charge in [0.25, 0.3) is 0 Å². The summed E-state index contributed by atoms with van der Waals surface area (Å²) in [5.74, 6) is 5.15. The Kier molecular flexibility index (Phi) is 7.15. The molecule has 39 heavy (non-hydrogen) atoms. The van der Waals surface area contributed by atoms with Gasteiger partial charge in [-0.15, -0.1) is 5.92 Å². The van der Waals surface area contributed by atoms with E-state index in [-0.39, 0.29) is 23.3 Å². The number of ether oxygens (including phenoxy) is 2. The summed E-state index contributed by atoms with van der Waals surface area (Å²) < 4.78 is 43.6. The Morgan fingerprint density at radius 1 is 1.08 bits per heavy atom. The van der Waals surface area contributed by atoms with Gasteiger partial charge in [-0.1, -0.05) is 31.4 Å². The minimum atomic E-state index is -1.19. The Labute approximate surface area is 231 Å². The maximum atomic E-state index is 16.2. The molecule has 0 amide bonds. The van der Waals surface area contributed by atoms with Gasteiger partial charge in [0.15, 0.2) is 0 Å². The Hall–Kier alpha value is -2.20. The van der Waals surface area contributed by atoms with Crippen molar-refractivity contribution in [1.82, 2.24) is 0 Å². The predicted molar refractivity (Wildman–Crippen MR) is 148 cm³/mol. The van der Waals surface area contributed by atoms with Gasteiger partial charge in [0, 0.05) is 42.3 Å². The van der Waals surface area contributed by atoms with Crippen LogP contribution in [0.5, 0.6) is 0 Å². The van der Waals surface area contributed by atoms with Crippen molar-refractivity contribution in [2.75, 3.05) is 44.4 Å². The Balaban J connectivity index is 1.53. The molecule has 6 atom stereocenters. The fourth-order valence-electron chi connectivity index (χ4n) is 8.77. The molecule has 6 rings (SSSR count). The second-order valence-corrected chi connectivity index (χ2v) is 12.5. The van der Waals surface area contributed by atoms with Gasteiger partial charge in [0.2, 0.25) is 0 Å². The first kappa shape index (κ1) is 27.0. The lowest BCUT2D eigenvalue weighted by molar-refractivity contribution is -0.0675. The minimum Gasteiger partial charge on any atom is -0.378 e. The van der Waals surface area contributed by atoms with E-state index in [1.165, 1.54) is 28.9 Å². The molecule has 4 nitrogen and oxygen atoms in total. The molecule has 1 N–H and O–H groups in total. The van der Waals surface area contributed by atoms with Crippen molar-refractivity contribution < 1.29 is 23.4 Å². The molecule has 1 aromatic carbocycles. The zero-order valence-corrected chi connectivity index (χ0v) is 23.5. The third-order valence-electron chi connectivity index (χ3n) is 10.6. The van der Waals surface area contributed by atoms with Crippen LogP contribution in [0.2, 0.25) is 0 Å². The Bertz CT molecular complexity index is 1230. The lowest BCUT2D eigenvalue weighted by Crippen LogP contribution is -2.52. The highest BCUT2D eigenvalue weighted by Gasteiger charge is 2.65. The summed E-state index contributed by atoms with van der Waals surface area (Å²) in [6.45, 7) is 9.63. The topological polar surface area (TPSA) is 41.9 Å². The number of benzene rings is 1. The van der Waals surface area contributed by atoms with Gasteiger partial charge in [-0.25, -0.2) is 8.78 Å². The summed E-state index contributed by atoms with van der Waals surface area (Å²) >= 11 is 0. The maximum Gasteiger partial charge on any atom is 0.133 e. The highest BCUT2D eigenvalue weighted by Crippen LogP contribution is 2.68. The van der Waals surface area contributed by atoms with Crippen molar-refractivity contribution in [2.45, 2.75) is 70.8 Å². The summed E-state index contributed by atoms with van der Waals surface area (Å²) in [4.78, 5) is 1.99. The quantitative estimate of drug-likeness (QED) is 0.460. The smallest absolute Gasteiger partial charge is 0.133 e. The van der Waals surface area contributed by atoms with Crippen molar-refractivity contribution in [3.63, 3.8) is 0 Å². The number of fused-ring (bicyclic) bond motifs is 4. The molecule has 2 saturated carbocycles. The van der Waals surface area contributed by atoms with E-state index in [2.05, 4.69) is 31.8 Å². The predicted octanol–water partition coefficient (Wildman–Crippen LogP) is 6.15. The molecule has 210 valence electrons. The number of aliphatic hydroxyl groups is 1. The molecule has 3 aliphatic carbocycles. The number of anilines is 1. The Morgan fingerprint density at radius 2 is 1.82 bits per heavy atom. The van der Waals surface area contributed by atoms with Crippen LogP contribution >= 0.6 is 0 Å². The van der Waals surface area contributed by atoms with Crippen molar-refractivity contribution >= 4 is 5.69 Å².